The van der Waals surface area contributed by atoms with Gasteiger partial charge in [0.25, 0.3) is 5.91 Å². The summed E-state index contributed by atoms with van der Waals surface area (Å²) in [5, 5.41) is 11.6. The Labute approximate surface area is 143 Å². The van der Waals surface area contributed by atoms with E-state index in [1.165, 1.54) is 16.7 Å². The molecule has 0 bridgehead atoms. The third-order valence-corrected chi connectivity index (χ3v) is 5.68. The molecule has 2 N–H and O–H groups in total. The van der Waals surface area contributed by atoms with Crippen LogP contribution in [0.5, 0.6) is 5.75 Å². The average molecular weight is 350 g/mol. The molecule has 1 aromatic rings. The summed E-state index contributed by atoms with van der Waals surface area (Å²) in [6.45, 7) is 3.38. The molecule has 2 saturated heterocycles. The molecule has 8 heteroatoms. The van der Waals surface area contributed by atoms with Gasteiger partial charge in [0.1, 0.15) is 23.2 Å². The summed E-state index contributed by atoms with van der Waals surface area (Å²) in [7, 11) is 0. The van der Waals surface area contributed by atoms with E-state index in [1.54, 1.807) is 38.1 Å². The molecule has 0 spiro atoms. The van der Waals surface area contributed by atoms with E-state index >= 15 is 0 Å². The number of rotatable bonds is 5. The normalized spacial score (nSPS) is 27.2. The van der Waals surface area contributed by atoms with E-state index in [-0.39, 0.29) is 17.9 Å². The van der Waals surface area contributed by atoms with Gasteiger partial charge < -0.3 is 20.1 Å². The number of nitrogens with one attached hydrogen (secondary N) is 1. The lowest BCUT2D eigenvalue weighted by atomic mass is 9.96. The Balaban J connectivity index is 1.59. The number of para-hydroxylation sites is 1. The molecule has 128 valence electrons. The second-order valence-corrected chi connectivity index (χ2v) is 8.02. The first-order valence-electron chi connectivity index (χ1n) is 7.51. The van der Waals surface area contributed by atoms with E-state index in [0.717, 1.165) is 0 Å². The number of nitrogens with zero attached hydrogens (tertiary/aromatic N) is 1. The first-order chi connectivity index (χ1) is 11.3. The lowest BCUT2D eigenvalue weighted by Gasteiger charge is -2.43. The highest BCUT2D eigenvalue weighted by atomic mass is 32.2. The molecule has 24 heavy (non-hydrogen) atoms. The van der Waals surface area contributed by atoms with Crippen LogP contribution in [0.4, 0.5) is 0 Å². The second-order valence-electron chi connectivity index (χ2n) is 6.25. The van der Waals surface area contributed by atoms with Crippen LogP contribution in [0.3, 0.4) is 0 Å². The van der Waals surface area contributed by atoms with Gasteiger partial charge in [-0.2, -0.15) is 0 Å². The van der Waals surface area contributed by atoms with E-state index in [2.05, 4.69) is 5.32 Å². The highest BCUT2D eigenvalue weighted by Crippen LogP contribution is 2.50. The second kappa shape index (κ2) is 6.01. The molecule has 0 aliphatic carbocycles. The molecule has 2 aliphatic heterocycles. The van der Waals surface area contributed by atoms with E-state index in [1.807, 2.05) is 6.07 Å². The summed E-state index contributed by atoms with van der Waals surface area (Å²) >= 11 is 1.39. The van der Waals surface area contributed by atoms with Crippen molar-refractivity contribution in [2.45, 2.75) is 36.1 Å². The number of benzene rings is 1. The fourth-order valence-electron chi connectivity index (χ4n) is 3.03. The van der Waals surface area contributed by atoms with Gasteiger partial charge in [0, 0.05) is 4.75 Å². The zero-order valence-corrected chi connectivity index (χ0v) is 14.1. The molecule has 2 aliphatic rings. The van der Waals surface area contributed by atoms with Crippen molar-refractivity contribution in [2.75, 3.05) is 6.61 Å². The quantitative estimate of drug-likeness (QED) is 0.759. The molecule has 2 amide bonds. The van der Waals surface area contributed by atoms with Gasteiger partial charge in [0.2, 0.25) is 5.91 Å². The van der Waals surface area contributed by atoms with Crippen molar-refractivity contribution in [3.63, 3.8) is 0 Å². The van der Waals surface area contributed by atoms with Crippen LogP contribution in [-0.4, -0.2) is 56.6 Å². The number of carbonyl (C=O) groups is 3. The number of ether oxygens (including phenoxy) is 1. The Kier molecular flexibility index (Phi) is 4.16. The van der Waals surface area contributed by atoms with Crippen LogP contribution in [0.25, 0.3) is 0 Å². The SMILES string of the molecule is CC1(C)S[C@@H]2[C@H](NC(=O)COc3ccccc3)C(=O)N2[C@@H]1C(=O)O. The fourth-order valence-corrected chi connectivity index (χ4v) is 4.65. The first-order valence-corrected chi connectivity index (χ1v) is 8.39. The Hall–Kier alpha value is -2.22. The number of carboxylic acids is 1. The maximum Gasteiger partial charge on any atom is 0.327 e. The Morgan fingerprint density at radius 1 is 1.33 bits per heavy atom. The minimum absolute atomic E-state index is 0.197. The fraction of sp³-hybridized carbons (Fsp3) is 0.438. The molecule has 0 aromatic heterocycles. The number of aliphatic carboxylic acids is 1. The Morgan fingerprint density at radius 2 is 2.00 bits per heavy atom. The van der Waals surface area contributed by atoms with Crippen LogP contribution < -0.4 is 10.1 Å². The van der Waals surface area contributed by atoms with Crippen molar-refractivity contribution < 1.29 is 24.2 Å². The van der Waals surface area contributed by atoms with Crippen LogP contribution in [0, 0.1) is 0 Å². The lowest BCUT2D eigenvalue weighted by Crippen LogP contribution is -2.70. The molecule has 0 radical (unpaired) electrons. The van der Waals surface area contributed by atoms with Gasteiger partial charge in [0.05, 0.1) is 0 Å². The van der Waals surface area contributed by atoms with Gasteiger partial charge in [-0.3, -0.25) is 9.59 Å². The van der Waals surface area contributed by atoms with Gasteiger partial charge in [-0.25, -0.2) is 4.79 Å². The zero-order chi connectivity index (χ0) is 17.5. The van der Waals surface area contributed by atoms with Gasteiger partial charge in [-0.1, -0.05) is 18.2 Å². The molecule has 3 rings (SSSR count). The van der Waals surface area contributed by atoms with Crippen molar-refractivity contribution in [2.24, 2.45) is 0 Å². The summed E-state index contributed by atoms with van der Waals surface area (Å²) in [6, 6.07) is 7.31. The predicted octanol–water partition coefficient (Wildman–Crippen LogP) is 0.697. The minimum atomic E-state index is -1.03. The molecule has 0 saturated carbocycles. The van der Waals surface area contributed by atoms with E-state index < -0.39 is 28.7 Å². The van der Waals surface area contributed by atoms with Crippen molar-refractivity contribution in [3.8, 4) is 5.75 Å². The van der Waals surface area contributed by atoms with E-state index in [4.69, 9.17) is 4.74 Å². The van der Waals surface area contributed by atoms with Gasteiger partial charge >= 0.3 is 5.97 Å². The van der Waals surface area contributed by atoms with E-state index in [0.29, 0.717) is 5.75 Å². The van der Waals surface area contributed by atoms with Crippen molar-refractivity contribution >= 4 is 29.5 Å². The molecular formula is C16H18N2O5S. The summed E-state index contributed by atoms with van der Waals surface area (Å²) in [6.07, 6.45) is 0. The van der Waals surface area contributed by atoms with Crippen molar-refractivity contribution in [3.05, 3.63) is 30.3 Å². The molecule has 7 nitrogen and oxygen atoms in total. The van der Waals surface area contributed by atoms with Crippen molar-refractivity contribution in [1.82, 2.24) is 10.2 Å². The third-order valence-electron chi connectivity index (χ3n) is 4.10. The summed E-state index contributed by atoms with van der Waals surface area (Å²) in [5.74, 6) is -1.23. The highest BCUT2D eigenvalue weighted by Gasteiger charge is 2.64. The molecule has 2 heterocycles. The number of hydrogen-bond donors (Lipinski definition) is 2. The van der Waals surface area contributed by atoms with Crippen LogP contribution in [0.15, 0.2) is 30.3 Å². The molecular weight excluding hydrogens is 332 g/mol. The van der Waals surface area contributed by atoms with Crippen LogP contribution in [0.2, 0.25) is 0 Å². The minimum Gasteiger partial charge on any atom is -0.484 e. The maximum atomic E-state index is 12.2. The largest absolute Gasteiger partial charge is 0.484 e. The Morgan fingerprint density at radius 3 is 2.62 bits per heavy atom. The lowest BCUT2D eigenvalue weighted by molar-refractivity contribution is -0.161. The number of amides is 2. The van der Waals surface area contributed by atoms with Crippen molar-refractivity contribution in [1.29, 1.82) is 0 Å². The monoisotopic (exact) mass is 350 g/mol. The van der Waals surface area contributed by atoms with Crippen LogP contribution >= 0.6 is 11.8 Å². The van der Waals surface area contributed by atoms with Gasteiger partial charge in [-0.05, 0) is 26.0 Å². The van der Waals surface area contributed by atoms with Crippen LogP contribution in [-0.2, 0) is 14.4 Å². The number of β-lactam (4-membered cyclic amide) rings is 1. The summed E-state index contributed by atoms with van der Waals surface area (Å²) in [4.78, 5) is 37.0. The molecule has 1 aromatic carbocycles. The number of hydrogen-bond acceptors (Lipinski definition) is 5. The van der Waals surface area contributed by atoms with Gasteiger partial charge in [-0.15, -0.1) is 11.8 Å². The van der Waals surface area contributed by atoms with Crippen LogP contribution in [0.1, 0.15) is 13.8 Å². The summed E-state index contributed by atoms with van der Waals surface area (Å²) in [5.41, 5.74) is 0. The Bertz CT molecular complexity index is 678. The molecule has 0 unspecified atom stereocenters. The number of carbonyl (C=O) groups excluding carboxylic acids is 2. The number of carboxylic acid groups (broad SMARTS) is 1. The predicted molar refractivity (Wildman–Crippen MR) is 87.6 cm³/mol. The standard InChI is InChI=1S/C16H18N2O5S/c1-16(2)12(15(21)22)18-13(20)11(14(18)24-16)17-10(19)8-23-9-6-4-3-5-7-9/h3-7,11-12,14H,8H2,1-2H3,(H,17,19)(H,21,22)/t11-,12-,14-/m1/s1. The zero-order valence-electron chi connectivity index (χ0n) is 13.3. The highest BCUT2D eigenvalue weighted by molar-refractivity contribution is 8.01. The molecule has 2 fully saturated rings. The smallest absolute Gasteiger partial charge is 0.327 e. The average Bonchev–Trinajstić information content (AvgIpc) is 2.80. The topological polar surface area (TPSA) is 95.9 Å². The number of fused-ring (bicyclic) bond motifs is 1. The summed E-state index contributed by atoms with van der Waals surface area (Å²) < 4.78 is 4.74. The van der Waals surface area contributed by atoms with Gasteiger partial charge in [0.15, 0.2) is 6.61 Å². The van der Waals surface area contributed by atoms with E-state index in [9.17, 15) is 19.5 Å². The molecule has 3 atom stereocenters. The third kappa shape index (κ3) is 2.82. The maximum absolute atomic E-state index is 12.2. The first kappa shape index (κ1) is 16.6. The number of thioether (sulfide) groups is 1.